The fraction of sp³-hybridized carbons (Fsp3) is 0.231. The van der Waals surface area contributed by atoms with E-state index in [0.29, 0.717) is 12.2 Å². The maximum absolute atomic E-state index is 12.1. The van der Waals surface area contributed by atoms with Gasteiger partial charge in [-0.25, -0.2) is 0 Å². The Morgan fingerprint density at radius 3 is 2.63 bits per heavy atom. The second-order valence-corrected chi connectivity index (χ2v) is 4.04. The third kappa shape index (κ3) is 3.94. The second kappa shape index (κ2) is 5.26. The van der Waals surface area contributed by atoms with Crippen LogP contribution in [-0.4, -0.2) is 10.9 Å². The largest absolute Gasteiger partial charge is 0.573 e. The molecular weight excluding hydrogens is 257 g/mol. The van der Waals surface area contributed by atoms with E-state index >= 15 is 0 Å². The van der Waals surface area contributed by atoms with Crippen LogP contribution in [0.2, 0.25) is 0 Å². The zero-order chi connectivity index (χ0) is 13.9. The molecule has 1 heterocycles. The van der Waals surface area contributed by atoms with Gasteiger partial charge in [0.2, 0.25) is 0 Å². The van der Waals surface area contributed by atoms with Gasteiger partial charge in [-0.3, -0.25) is 0 Å². The first-order valence-electron chi connectivity index (χ1n) is 5.64. The second-order valence-electron chi connectivity index (χ2n) is 4.04. The van der Waals surface area contributed by atoms with Crippen LogP contribution in [0, 0.1) is 0 Å². The average molecular weight is 270 g/mol. The smallest absolute Gasteiger partial charge is 0.406 e. The molecule has 0 aliphatic rings. The molecule has 0 bridgehead atoms. The van der Waals surface area contributed by atoms with E-state index in [1.165, 1.54) is 18.2 Å². The fourth-order valence-corrected chi connectivity index (χ4v) is 1.68. The average Bonchev–Trinajstić information content (AvgIpc) is 2.70. The zero-order valence-electron chi connectivity index (χ0n) is 10.2. The Labute approximate surface area is 108 Å². The number of hydrogen-bond donors (Lipinski definition) is 1. The maximum atomic E-state index is 12.1. The van der Waals surface area contributed by atoms with E-state index in [1.807, 2.05) is 29.9 Å². The van der Waals surface area contributed by atoms with Gasteiger partial charge < -0.3 is 14.6 Å². The van der Waals surface area contributed by atoms with Crippen LogP contribution in [0.5, 0.6) is 5.75 Å². The van der Waals surface area contributed by atoms with E-state index < -0.39 is 6.36 Å². The molecule has 0 amide bonds. The highest BCUT2D eigenvalue weighted by Crippen LogP contribution is 2.25. The van der Waals surface area contributed by atoms with E-state index in [4.69, 9.17) is 0 Å². The minimum atomic E-state index is -4.67. The molecule has 0 unspecified atom stereocenters. The highest BCUT2D eigenvalue weighted by molar-refractivity contribution is 5.48. The van der Waals surface area contributed by atoms with Crippen LogP contribution in [0.3, 0.4) is 0 Å². The highest BCUT2D eigenvalue weighted by atomic mass is 19.4. The van der Waals surface area contributed by atoms with Crippen LogP contribution >= 0.6 is 0 Å². The van der Waals surface area contributed by atoms with Gasteiger partial charge in [0.05, 0.1) is 6.54 Å². The summed E-state index contributed by atoms with van der Waals surface area (Å²) in [7, 11) is 1.90. The minimum Gasteiger partial charge on any atom is -0.406 e. The molecule has 0 saturated carbocycles. The summed E-state index contributed by atoms with van der Waals surface area (Å²) in [5.41, 5.74) is 1.60. The lowest BCUT2D eigenvalue weighted by Gasteiger charge is -2.11. The number of ether oxygens (including phenoxy) is 1. The van der Waals surface area contributed by atoms with Gasteiger partial charge in [0.25, 0.3) is 0 Å². The third-order valence-corrected chi connectivity index (χ3v) is 2.59. The van der Waals surface area contributed by atoms with Crippen molar-refractivity contribution in [1.29, 1.82) is 0 Å². The number of nitrogens with one attached hydrogen (secondary N) is 1. The molecule has 0 spiro atoms. The molecule has 1 aromatic carbocycles. The first kappa shape index (κ1) is 13.3. The number of aryl methyl sites for hydroxylation is 1. The standard InChI is InChI=1S/C13H13F3N2O/c1-18-7-3-5-11(18)9-17-10-4-2-6-12(8-10)19-13(14,15)16/h2-8,17H,9H2,1H3. The number of hydrogen-bond acceptors (Lipinski definition) is 2. The Kier molecular flexibility index (Phi) is 3.69. The number of alkyl halides is 3. The molecule has 1 N–H and O–H groups in total. The van der Waals surface area contributed by atoms with E-state index in [0.717, 1.165) is 5.69 Å². The Morgan fingerprint density at radius 1 is 1.21 bits per heavy atom. The quantitative estimate of drug-likeness (QED) is 0.919. The summed E-state index contributed by atoms with van der Waals surface area (Å²) in [6, 6.07) is 9.61. The Morgan fingerprint density at radius 2 is 2.00 bits per heavy atom. The van der Waals surface area contributed by atoms with Crippen molar-refractivity contribution in [3.05, 3.63) is 48.3 Å². The Hall–Kier alpha value is -2.11. The Balaban J connectivity index is 2.01. The molecule has 19 heavy (non-hydrogen) atoms. The van der Waals surface area contributed by atoms with Crippen LogP contribution in [0.25, 0.3) is 0 Å². The van der Waals surface area contributed by atoms with Crippen molar-refractivity contribution in [3.8, 4) is 5.75 Å². The molecule has 0 aliphatic heterocycles. The van der Waals surface area contributed by atoms with Crippen molar-refractivity contribution < 1.29 is 17.9 Å². The summed E-state index contributed by atoms with van der Waals surface area (Å²) in [6.07, 6.45) is -2.77. The van der Waals surface area contributed by atoms with Gasteiger partial charge in [-0.05, 0) is 24.3 Å². The molecule has 3 nitrogen and oxygen atoms in total. The number of aromatic nitrogens is 1. The fourth-order valence-electron chi connectivity index (χ4n) is 1.68. The van der Waals surface area contributed by atoms with Gasteiger partial charge in [0.15, 0.2) is 0 Å². The zero-order valence-corrected chi connectivity index (χ0v) is 10.2. The van der Waals surface area contributed by atoms with Gasteiger partial charge in [0.1, 0.15) is 5.75 Å². The molecule has 0 atom stereocenters. The van der Waals surface area contributed by atoms with Crippen molar-refractivity contribution in [2.75, 3.05) is 5.32 Å². The number of nitrogens with zero attached hydrogens (tertiary/aromatic N) is 1. The molecule has 0 saturated heterocycles. The van der Waals surface area contributed by atoms with Gasteiger partial charge in [-0.1, -0.05) is 6.07 Å². The predicted molar refractivity (Wildman–Crippen MR) is 65.9 cm³/mol. The lowest BCUT2D eigenvalue weighted by atomic mass is 10.3. The van der Waals surface area contributed by atoms with Gasteiger partial charge in [0, 0.05) is 30.7 Å². The molecule has 2 rings (SSSR count). The van der Waals surface area contributed by atoms with Crippen molar-refractivity contribution in [1.82, 2.24) is 4.57 Å². The summed E-state index contributed by atoms with van der Waals surface area (Å²) >= 11 is 0. The molecule has 102 valence electrons. The maximum Gasteiger partial charge on any atom is 0.573 e. The van der Waals surface area contributed by atoms with Gasteiger partial charge in [-0.15, -0.1) is 13.2 Å². The normalized spacial score (nSPS) is 11.4. The monoisotopic (exact) mass is 270 g/mol. The molecule has 1 aromatic heterocycles. The Bertz CT molecular complexity index is 549. The molecule has 0 aliphatic carbocycles. The number of rotatable bonds is 4. The summed E-state index contributed by atoms with van der Waals surface area (Å²) in [4.78, 5) is 0. The third-order valence-electron chi connectivity index (χ3n) is 2.59. The minimum absolute atomic E-state index is 0.232. The summed E-state index contributed by atoms with van der Waals surface area (Å²) in [5, 5.41) is 3.05. The first-order chi connectivity index (χ1) is 8.94. The van der Waals surface area contributed by atoms with Crippen LogP contribution in [0.15, 0.2) is 42.6 Å². The van der Waals surface area contributed by atoms with Crippen LogP contribution in [0.1, 0.15) is 5.69 Å². The molecule has 6 heteroatoms. The topological polar surface area (TPSA) is 26.2 Å². The van der Waals surface area contributed by atoms with Crippen LogP contribution in [0.4, 0.5) is 18.9 Å². The van der Waals surface area contributed by atoms with Crippen LogP contribution < -0.4 is 10.1 Å². The molecule has 0 fully saturated rings. The summed E-state index contributed by atoms with van der Waals surface area (Å²) in [5.74, 6) is -0.232. The van der Waals surface area contributed by atoms with Gasteiger partial charge in [-0.2, -0.15) is 0 Å². The molecule has 0 radical (unpaired) electrons. The first-order valence-corrected chi connectivity index (χ1v) is 5.64. The van der Waals surface area contributed by atoms with Crippen molar-refractivity contribution in [2.24, 2.45) is 7.05 Å². The summed E-state index contributed by atoms with van der Waals surface area (Å²) < 4.78 is 42.1. The number of benzene rings is 1. The van der Waals surface area contributed by atoms with E-state index in [2.05, 4.69) is 10.1 Å². The highest BCUT2D eigenvalue weighted by Gasteiger charge is 2.31. The molecular formula is C13H13F3N2O. The van der Waals surface area contributed by atoms with Crippen LogP contribution in [-0.2, 0) is 13.6 Å². The lowest BCUT2D eigenvalue weighted by molar-refractivity contribution is -0.274. The van der Waals surface area contributed by atoms with E-state index in [1.54, 1.807) is 6.07 Å². The van der Waals surface area contributed by atoms with Crippen molar-refractivity contribution in [3.63, 3.8) is 0 Å². The predicted octanol–water partition coefficient (Wildman–Crippen LogP) is 3.54. The number of halogens is 3. The van der Waals surface area contributed by atoms with E-state index in [-0.39, 0.29) is 5.75 Å². The van der Waals surface area contributed by atoms with Crippen molar-refractivity contribution in [2.45, 2.75) is 12.9 Å². The molecule has 2 aromatic rings. The SMILES string of the molecule is Cn1cccc1CNc1cccc(OC(F)(F)F)c1. The lowest BCUT2D eigenvalue weighted by Crippen LogP contribution is -2.17. The number of anilines is 1. The van der Waals surface area contributed by atoms with Gasteiger partial charge >= 0.3 is 6.36 Å². The van der Waals surface area contributed by atoms with E-state index in [9.17, 15) is 13.2 Å². The summed E-state index contributed by atoms with van der Waals surface area (Å²) in [6.45, 7) is 0.527. The van der Waals surface area contributed by atoms with Crippen molar-refractivity contribution >= 4 is 5.69 Å².